The Bertz CT molecular complexity index is 274. The van der Waals surface area contributed by atoms with Crippen molar-refractivity contribution in [1.82, 2.24) is 5.32 Å². The number of aliphatic carboxylic acids is 1. The summed E-state index contributed by atoms with van der Waals surface area (Å²) in [5.41, 5.74) is 0. The van der Waals surface area contributed by atoms with Crippen LogP contribution >= 0.6 is 11.8 Å². The number of carbonyl (C=O) groups excluding carboxylic acids is 1. The summed E-state index contributed by atoms with van der Waals surface area (Å²) in [5.74, 6) is 0.401. The highest BCUT2D eigenvalue weighted by atomic mass is 32.2. The molecule has 2 N–H and O–H groups in total. The highest BCUT2D eigenvalue weighted by Gasteiger charge is 1.97. The third kappa shape index (κ3) is 10.8. The first-order chi connectivity index (χ1) is 7.66. The number of rotatable bonds is 8. The van der Waals surface area contributed by atoms with Crippen molar-refractivity contribution in [2.45, 2.75) is 13.3 Å². The lowest BCUT2D eigenvalue weighted by Gasteiger charge is -2.01. The molecule has 0 saturated carbocycles. The van der Waals surface area contributed by atoms with Crippen LogP contribution < -0.4 is 5.32 Å². The molecule has 0 aliphatic carbocycles. The molecule has 90 valence electrons. The van der Waals surface area contributed by atoms with Crippen LogP contribution in [0.25, 0.3) is 0 Å². The van der Waals surface area contributed by atoms with Crippen molar-refractivity contribution in [3.05, 3.63) is 24.3 Å². The van der Waals surface area contributed by atoms with Crippen LogP contribution in [0.2, 0.25) is 0 Å². The van der Waals surface area contributed by atoms with Gasteiger partial charge in [-0.2, -0.15) is 11.8 Å². The summed E-state index contributed by atoms with van der Waals surface area (Å²) in [6.07, 6.45) is 6.92. The van der Waals surface area contributed by atoms with Gasteiger partial charge in [0.2, 0.25) is 5.91 Å². The number of hydrogen-bond acceptors (Lipinski definition) is 3. The number of allylic oxidation sites excluding steroid dienone is 3. The van der Waals surface area contributed by atoms with Crippen LogP contribution in [-0.4, -0.2) is 35.0 Å². The van der Waals surface area contributed by atoms with Crippen molar-refractivity contribution in [3.8, 4) is 0 Å². The Labute approximate surface area is 99.8 Å². The van der Waals surface area contributed by atoms with E-state index in [4.69, 9.17) is 5.11 Å². The van der Waals surface area contributed by atoms with Gasteiger partial charge in [0, 0.05) is 24.1 Å². The molecule has 0 aromatic rings. The second-order valence-electron chi connectivity index (χ2n) is 2.93. The average molecular weight is 243 g/mol. The van der Waals surface area contributed by atoms with Crippen molar-refractivity contribution >= 4 is 23.6 Å². The lowest BCUT2D eigenvalue weighted by molar-refractivity contribution is -0.136. The predicted octanol–water partition coefficient (Wildman–Crippen LogP) is 1.44. The molecule has 1 amide bonds. The molecule has 0 atom stereocenters. The Hall–Kier alpha value is -1.23. The summed E-state index contributed by atoms with van der Waals surface area (Å²) in [7, 11) is 0. The minimum atomic E-state index is -0.786. The number of thioether (sulfide) groups is 1. The lowest BCUT2D eigenvalue weighted by Crippen LogP contribution is -2.23. The normalized spacial score (nSPS) is 11.1. The van der Waals surface area contributed by atoms with Gasteiger partial charge in [-0.3, -0.25) is 9.59 Å². The monoisotopic (exact) mass is 243 g/mol. The number of carbonyl (C=O) groups is 2. The zero-order chi connectivity index (χ0) is 12.2. The molecule has 0 saturated heterocycles. The molecule has 4 nitrogen and oxygen atoms in total. The zero-order valence-corrected chi connectivity index (χ0v) is 10.1. The Balaban J connectivity index is 3.37. The van der Waals surface area contributed by atoms with Crippen LogP contribution in [0.5, 0.6) is 0 Å². The smallest absolute Gasteiger partial charge is 0.304 e. The fraction of sp³-hybridized carbons (Fsp3) is 0.455. The van der Waals surface area contributed by atoms with Crippen molar-refractivity contribution in [2.75, 3.05) is 18.1 Å². The zero-order valence-electron chi connectivity index (χ0n) is 9.31. The molecule has 0 spiro atoms. The first kappa shape index (κ1) is 14.8. The third-order valence-corrected chi connectivity index (χ3v) is 2.54. The number of nitrogens with one attached hydrogen (secondary N) is 1. The topological polar surface area (TPSA) is 66.4 Å². The van der Waals surface area contributed by atoms with Gasteiger partial charge in [-0.1, -0.05) is 18.2 Å². The van der Waals surface area contributed by atoms with Crippen LogP contribution in [-0.2, 0) is 9.59 Å². The summed E-state index contributed by atoms with van der Waals surface area (Å²) < 4.78 is 0. The lowest BCUT2D eigenvalue weighted by atomic mass is 10.4. The highest BCUT2D eigenvalue weighted by molar-refractivity contribution is 7.99. The predicted molar refractivity (Wildman–Crippen MR) is 66.5 cm³/mol. The molecule has 0 unspecified atom stereocenters. The van der Waals surface area contributed by atoms with E-state index in [1.165, 1.54) is 17.8 Å². The number of carboxylic acid groups (broad SMARTS) is 1. The molecule has 0 aromatic heterocycles. The van der Waals surface area contributed by atoms with E-state index >= 15 is 0 Å². The van der Waals surface area contributed by atoms with Crippen molar-refractivity contribution in [3.63, 3.8) is 0 Å². The quantitative estimate of drug-likeness (QED) is 0.384. The SMILES string of the molecule is CC=CC=CC(=O)NCCSCCC(=O)O. The Morgan fingerprint density at radius 1 is 1.31 bits per heavy atom. The van der Waals surface area contributed by atoms with Crippen LogP contribution in [0.1, 0.15) is 13.3 Å². The van der Waals surface area contributed by atoms with Gasteiger partial charge in [0.25, 0.3) is 0 Å². The molecule has 0 heterocycles. The van der Waals surface area contributed by atoms with Gasteiger partial charge in [0.15, 0.2) is 0 Å². The molecule has 0 aliphatic rings. The van der Waals surface area contributed by atoms with Crippen LogP contribution in [0.3, 0.4) is 0 Å². The minimum absolute atomic E-state index is 0.128. The summed E-state index contributed by atoms with van der Waals surface area (Å²) in [6.45, 7) is 2.44. The fourth-order valence-corrected chi connectivity index (χ4v) is 1.59. The number of carboxylic acids is 1. The van der Waals surface area contributed by atoms with E-state index in [2.05, 4.69) is 5.32 Å². The molecule has 16 heavy (non-hydrogen) atoms. The third-order valence-electron chi connectivity index (χ3n) is 1.56. The van der Waals surface area contributed by atoms with Crippen LogP contribution in [0, 0.1) is 0 Å². The van der Waals surface area contributed by atoms with Crippen molar-refractivity contribution in [1.29, 1.82) is 0 Å². The number of amides is 1. The summed E-state index contributed by atoms with van der Waals surface area (Å²) >= 11 is 1.52. The Morgan fingerprint density at radius 2 is 2.06 bits per heavy atom. The van der Waals surface area contributed by atoms with Crippen molar-refractivity contribution in [2.24, 2.45) is 0 Å². The van der Waals surface area contributed by atoms with E-state index in [1.807, 2.05) is 13.0 Å². The van der Waals surface area contributed by atoms with E-state index in [0.29, 0.717) is 12.3 Å². The van der Waals surface area contributed by atoms with Gasteiger partial charge in [0.1, 0.15) is 0 Å². The van der Waals surface area contributed by atoms with E-state index in [9.17, 15) is 9.59 Å². The van der Waals surface area contributed by atoms with Crippen LogP contribution in [0.15, 0.2) is 24.3 Å². The second-order valence-corrected chi connectivity index (χ2v) is 4.16. The van der Waals surface area contributed by atoms with Crippen molar-refractivity contribution < 1.29 is 14.7 Å². The van der Waals surface area contributed by atoms with Gasteiger partial charge < -0.3 is 10.4 Å². The molecule has 0 fully saturated rings. The first-order valence-electron chi connectivity index (χ1n) is 5.03. The van der Waals surface area contributed by atoms with Gasteiger partial charge >= 0.3 is 5.97 Å². The summed E-state index contributed by atoms with van der Waals surface area (Å²) in [5, 5.41) is 11.1. The molecule has 0 radical (unpaired) electrons. The van der Waals surface area contributed by atoms with Gasteiger partial charge in [0.05, 0.1) is 6.42 Å². The molecular weight excluding hydrogens is 226 g/mol. The maximum atomic E-state index is 11.1. The van der Waals surface area contributed by atoms with Gasteiger partial charge in [-0.05, 0) is 6.92 Å². The minimum Gasteiger partial charge on any atom is -0.481 e. The standard InChI is InChI=1S/C11H17NO3S/c1-2-3-4-5-10(13)12-7-9-16-8-6-11(14)15/h2-5H,6-9H2,1H3,(H,12,13)(H,14,15). The maximum absolute atomic E-state index is 11.1. The summed E-state index contributed by atoms with van der Waals surface area (Å²) in [4.78, 5) is 21.3. The fourth-order valence-electron chi connectivity index (χ4n) is 0.821. The molecule has 0 rings (SSSR count). The second kappa shape index (κ2) is 10.3. The largest absolute Gasteiger partial charge is 0.481 e. The molecule has 0 bridgehead atoms. The Morgan fingerprint density at radius 3 is 2.69 bits per heavy atom. The first-order valence-corrected chi connectivity index (χ1v) is 6.19. The van der Waals surface area contributed by atoms with E-state index in [1.54, 1.807) is 12.2 Å². The van der Waals surface area contributed by atoms with E-state index in [-0.39, 0.29) is 12.3 Å². The Kier molecular flexibility index (Phi) is 9.50. The van der Waals surface area contributed by atoms with Gasteiger partial charge in [-0.25, -0.2) is 0 Å². The number of hydrogen-bond donors (Lipinski definition) is 2. The van der Waals surface area contributed by atoms with E-state index < -0.39 is 5.97 Å². The average Bonchev–Trinajstić information content (AvgIpc) is 2.23. The molecule has 5 heteroatoms. The molecule has 0 aliphatic heterocycles. The summed E-state index contributed by atoms with van der Waals surface area (Å²) in [6, 6.07) is 0. The molecular formula is C11H17NO3S. The maximum Gasteiger partial charge on any atom is 0.304 e. The van der Waals surface area contributed by atoms with E-state index in [0.717, 1.165) is 5.75 Å². The van der Waals surface area contributed by atoms with Gasteiger partial charge in [-0.15, -0.1) is 0 Å². The molecule has 0 aromatic carbocycles. The highest BCUT2D eigenvalue weighted by Crippen LogP contribution is 2.00. The van der Waals surface area contributed by atoms with Crippen LogP contribution in [0.4, 0.5) is 0 Å².